The van der Waals surface area contributed by atoms with Crippen LogP contribution in [0.5, 0.6) is 0 Å². The average molecular weight is 598 g/mol. The third-order valence-corrected chi connectivity index (χ3v) is 7.60. The normalized spacial score (nSPS) is 17.5. The first-order valence-electron chi connectivity index (χ1n) is 10.6. The predicted octanol–water partition coefficient (Wildman–Crippen LogP) is 7.38. The lowest BCUT2D eigenvalue weighted by atomic mass is 9.98. The summed E-state index contributed by atoms with van der Waals surface area (Å²) in [6.07, 6.45) is -0.231. The molecule has 37 heavy (non-hydrogen) atoms. The van der Waals surface area contributed by atoms with Crippen LogP contribution in [0.4, 0.5) is 11.4 Å². The summed E-state index contributed by atoms with van der Waals surface area (Å²) < 4.78 is -1.38. The van der Waals surface area contributed by atoms with Gasteiger partial charge in [0, 0.05) is 45.8 Å². The topological polar surface area (TPSA) is 113 Å². The highest BCUT2D eigenvalue weighted by atomic mass is 35.5. The number of benzene rings is 3. The van der Waals surface area contributed by atoms with E-state index in [0.29, 0.717) is 21.2 Å². The summed E-state index contributed by atoms with van der Waals surface area (Å²) in [5.41, 5.74) is 1.04. The van der Waals surface area contributed by atoms with Crippen LogP contribution in [0.1, 0.15) is 33.0 Å². The van der Waals surface area contributed by atoms with Crippen LogP contribution in [-0.2, 0) is 11.2 Å². The number of ketones is 1. The van der Waals surface area contributed by atoms with Gasteiger partial charge in [-0.05, 0) is 47.5 Å². The number of nitrogens with zero attached hydrogens (tertiary/aromatic N) is 2. The van der Waals surface area contributed by atoms with Crippen LogP contribution in [0.15, 0.2) is 54.6 Å². The molecule has 3 aromatic rings. The van der Waals surface area contributed by atoms with E-state index in [9.17, 15) is 25.0 Å². The summed E-state index contributed by atoms with van der Waals surface area (Å²) in [6, 6.07) is 14.7. The molecule has 2 atom stereocenters. The zero-order valence-electron chi connectivity index (χ0n) is 18.5. The highest BCUT2D eigenvalue weighted by molar-refractivity contribution is 6.53. The number of nitro groups is 1. The minimum atomic E-state index is -1.38. The number of rotatable bonds is 7. The van der Waals surface area contributed by atoms with E-state index in [1.54, 1.807) is 18.2 Å². The van der Waals surface area contributed by atoms with Gasteiger partial charge in [-0.15, -0.1) is 23.2 Å². The van der Waals surface area contributed by atoms with Gasteiger partial charge in [-0.2, -0.15) is 5.26 Å². The van der Waals surface area contributed by atoms with Crippen molar-refractivity contribution in [1.29, 1.82) is 5.26 Å². The fourth-order valence-corrected chi connectivity index (χ4v) is 5.66. The van der Waals surface area contributed by atoms with Crippen LogP contribution >= 0.6 is 58.0 Å². The third-order valence-electron chi connectivity index (χ3n) is 5.89. The Morgan fingerprint density at radius 2 is 1.70 bits per heavy atom. The maximum atomic E-state index is 13.0. The molecule has 2 unspecified atom stereocenters. The van der Waals surface area contributed by atoms with E-state index >= 15 is 0 Å². The van der Waals surface area contributed by atoms with Crippen LogP contribution in [0.3, 0.4) is 0 Å². The van der Waals surface area contributed by atoms with E-state index in [-0.39, 0.29) is 33.9 Å². The van der Waals surface area contributed by atoms with Crippen molar-refractivity contribution < 1.29 is 14.5 Å². The molecular weight excluding hydrogens is 584 g/mol. The van der Waals surface area contributed by atoms with Gasteiger partial charge in [-0.3, -0.25) is 19.7 Å². The zero-order chi connectivity index (χ0) is 27.1. The van der Waals surface area contributed by atoms with Crippen molar-refractivity contribution in [1.82, 2.24) is 0 Å². The lowest BCUT2D eigenvalue weighted by Crippen LogP contribution is -2.17. The molecule has 1 fully saturated rings. The van der Waals surface area contributed by atoms with E-state index in [1.165, 1.54) is 30.3 Å². The molecule has 1 saturated carbocycles. The molecule has 1 aliphatic carbocycles. The molecule has 4 rings (SSSR count). The van der Waals surface area contributed by atoms with Crippen molar-refractivity contribution in [2.45, 2.75) is 16.7 Å². The quantitative estimate of drug-likeness (QED) is 0.132. The van der Waals surface area contributed by atoms with E-state index in [0.717, 1.165) is 6.07 Å². The minimum Gasteiger partial charge on any atom is -0.326 e. The van der Waals surface area contributed by atoms with Crippen molar-refractivity contribution in [3.05, 3.63) is 102 Å². The van der Waals surface area contributed by atoms with Gasteiger partial charge >= 0.3 is 0 Å². The second kappa shape index (κ2) is 10.5. The van der Waals surface area contributed by atoms with Crippen molar-refractivity contribution in [3.63, 3.8) is 0 Å². The number of hydrogen-bond donors (Lipinski definition) is 1. The minimum absolute atomic E-state index is 0.00425. The first-order chi connectivity index (χ1) is 17.4. The summed E-state index contributed by atoms with van der Waals surface area (Å²) in [6.45, 7) is 0. The van der Waals surface area contributed by atoms with Crippen molar-refractivity contribution in [3.8, 4) is 6.07 Å². The van der Waals surface area contributed by atoms with Gasteiger partial charge in [0.05, 0.1) is 27.5 Å². The average Bonchev–Trinajstić information content (AvgIpc) is 3.41. The van der Waals surface area contributed by atoms with Crippen LogP contribution < -0.4 is 5.32 Å². The number of amides is 1. The molecule has 0 aromatic heterocycles. The monoisotopic (exact) mass is 595 g/mol. The molecule has 0 bridgehead atoms. The van der Waals surface area contributed by atoms with Crippen molar-refractivity contribution in [2.75, 3.05) is 5.32 Å². The van der Waals surface area contributed by atoms with E-state index in [2.05, 4.69) is 5.32 Å². The van der Waals surface area contributed by atoms with E-state index < -0.39 is 32.8 Å². The number of anilines is 1. The van der Waals surface area contributed by atoms with Gasteiger partial charge in [0.1, 0.15) is 4.33 Å². The lowest BCUT2D eigenvalue weighted by Gasteiger charge is -2.10. The highest BCUT2D eigenvalue weighted by Gasteiger charge is 2.67. The molecule has 0 saturated heterocycles. The van der Waals surface area contributed by atoms with E-state index in [4.69, 9.17) is 58.0 Å². The number of halogens is 5. The fourth-order valence-electron chi connectivity index (χ4n) is 4.06. The van der Waals surface area contributed by atoms with Crippen molar-refractivity contribution in [2.24, 2.45) is 5.92 Å². The summed E-state index contributed by atoms with van der Waals surface area (Å²) in [5, 5.41) is 23.9. The Morgan fingerprint density at radius 3 is 2.32 bits per heavy atom. The van der Waals surface area contributed by atoms with Crippen LogP contribution in [0, 0.1) is 27.4 Å². The Labute approximate surface area is 236 Å². The molecule has 0 spiro atoms. The Bertz CT molecular complexity index is 1480. The summed E-state index contributed by atoms with van der Waals surface area (Å²) in [5.74, 6) is -2.28. The molecule has 188 valence electrons. The summed E-state index contributed by atoms with van der Waals surface area (Å²) in [7, 11) is 0. The molecule has 1 N–H and O–H groups in total. The second-order valence-electron chi connectivity index (χ2n) is 8.33. The SMILES string of the molecule is N#Cc1cc([N+](=O)[O-])ccc1CC(=O)c1cc(NC(=O)C2C(c3cc(Cl)cc(Cl)c3)C2(Cl)Cl)ccc1Cl. The smallest absolute Gasteiger partial charge is 0.270 e. The van der Waals surface area contributed by atoms with Gasteiger partial charge in [-0.25, -0.2) is 0 Å². The Morgan fingerprint density at radius 1 is 1.03 bits per heavy atom. The zero-order valence-corrected chi connectivity index (χ0v) is 22.3. The van der Waals surface area contributed by atoms with Crippen molar-refractivity contribution >= 4 is 81.1 Å². The fraction of sp³-hybridized carbons (Fsp3) is 0.160. The first-order valence-corrected chi connectivity index (χ1v) is 12.5. The Hall–Kier alpha value is -2.86. The predicted molar refractivity (Wildman–Crippen MR) is 143 cm³/mol. The largest absolute Gasteiger partial charge is 0.326 e. The van der Waals surface area contributed by atoms with Gasteiger partial charge < -0.3 is 5.32 Å². The lowest BCUT2D eigenvalue weighted by molar-refractivity contribution is -0.384. The maximum Gasteiger partial charge on any atom is 0.270 e. The molecule has 1 aliphatic rings. The number of carbonyl (C=O) groups is 2. The molecule has 0 aliphatic heterocycles. The Balaban J connectivity index is 1.53. The number of alkyl halides is 2. The van der Waals surface area contributed by atoms with Gasteiger partial charge in [0.15, 0.2) is 5.78 Å². The number of Topliss-reactive ketones (excluding diaryl/α,β-unsaturated/α-hetero) is 1. The van der Waals surface area contributed by atoms with Crippen LogP contribution in [0.25, 0.3) is 0 Å². The Kier molecular flexibility index (Phi) is 7.70. The maximum absolute atomic E-state index is 13.0. The number of nitro benzene ring substituents is 1. The molecule has 7 nitrogen and oxygen atoms in total. The molecular formula is C25H14Cl5N3O4. The number of nitriles is 1. The van der Waals surface area contributed by atoms with E-state index in [1.807, 2.05) is 6.07 Å². The van der Waals surface area contributed by atoms with Gasteiger partial charge in [0.2, 0.25) is 5.91 Å². The summed E-state index contributed by atoms with van der Waals surface area (Å²) >= 11 is 31.2. The number of non-ortho nitro benzene ring substituents is 1. The molecule has 1 amide bonds. The molecule has 0 heterocycles. The molecule has 3 aromatic carbocycles. The second-order valence-corrected chi connectivity index (χ2v) is 11.1. The summed E-state index contributed by atoms with van der Waals surface area (Å²) in [4.78, 5) is 36.4. The van der Waals surface area contributed by atoms with Gasteiger partial charge in [0.25, 0.3) is 5.69 Å². The molecule has 0 radical (unpaired) electrons. The van der Waals surface area contributed by atoms with Gasteiger partial charge in [-0.1, -0.05) is 40.9 Å². The third kappa shape index (κ3) is 5.69. The number of carbonyl (C=O) groups excluding carboxylic acids is 2. The standard InChI is InChI=1S/C25H14Cl5N3O4/c26-15-5-13(6-16(27)9-15)22-23(25(22,29)30)24(35)32-17-2-4-20(28)19(10-17)21(34)8-12-1-3-18(33(36)37)7-14(12)11-31/h1-7,9-10,22-23H,8H2,(H,32,35). The first kappa shape index (κ1) is 27.2. The van der Waals surface area contributed by atoms with Crippen LogP contribution in [-0.4, -0.2) is 20.9 Å². The number of nitrogens with one attached hydrogen (secondary N) is 1. The highest BCUT2D eigenvalue weighted by Crippen LogP contribution is 2.65. The number of hydrogen-bond acceptors (Lipinski definition) is 5. The molecule has 12 heteroatoms. The van der Waals surface area contributed by atoms with Crippen LogP contribution in [0.2, 0.25) is 15.1 Å².